The fourth-order valence-corrected chi connectivity index (χ4v) is 3.13. The Kier molecular flexibility index (Phi) is 5.48. The van der Waals surface area contributed by atoms with Gasteiger partial charge in [0.1, 0.15) is 5.69 Å². The summed E-state index contributed by atoms with van der Waals surface area (Å²) in [5, 5.41) is 3.69. The highest BCUT2D eigenvalue weighted by atomic mass is 35.5. The highest BCUT2D eigenvalue weighted by Gasteiger charge is 2.19. The van der Waals surface area contributed by atoms with Crippen LogP contribution in [0.15, 0.2) is 36.4 Å². The molecule has 5 heteroatoms. The highest BCUT2D eigenvalue weighted by molar-refractivity contribution is 6.31. The van der Waals surface area contributed by atoms with E-state index in [1.807, 2.05) is 37.3 Å². The van der Waals surface area contributed by atoms with Gasteiger partial charge in [-0.1, -0.05) is 42.8 Å². The average molecular weight is 344 g/mol. The molecule has 2 heterocycles. The SMILES string of the molecule is CCCNC(=O)c1ccc2c(n1)CCN(Cc1ccccc1Cl)C2. The third-order valence-corrected chi connectivity index (χ3v) is 4.62. The first kappa shape index (κ1) is 16.9. The molecule has 2 aromatic rings. The quantitative estimate of drug-likeness (QED) is 0.904. The fourth-order valence-electron chi connectivity index (χ4n) is 2.93. The third-order valence-electron chi connectivity index (χ3n) is 4.25. The molecule has 0 unspecified atom stereocenters. The molecule has 1 aliphatic heterocycles. The number of carbonyl (C=O) groups is 1. The Balaban J connectivity index is 1.68. The number of rotatable bonds is 5. The van der Waals surface area contributed by atoms with Crippen molar-refractivity contribution < 1.29 is 4.79 Å². The van der Waals surface area contributed by atoms with Crippen LogP contribution in [0.4, 0.5) is 0 Å². The molecular formula is C19H22ClN3O. The van der Waals surface area contributed by atoms with Gasteiger partial charge >= 0.3 is 0 Å². The average Bonchev–Trinajstić information content (AvgIpc) is 2.61. The summed E-state index contributed by atoms with van der Waals surface area (Å²) in [6.45, 7) is 5.31. The molecule has 1 amide bonds. The Morgan fingerprint density at radius 2 is 2.12 bits per heavy atom. The molecule has 0 fully saturated rings. The van der Waals surface area contributed by atoms with E-state index < -0.39 is 0 Å². The second-order valence-corrected chi connectivity index (χ2v) is 6.52. The van der Waals surface area contributed by atoms with Gasteiger partial charge in [0.25, 0.3) is 5.91 Å². The third kappa shape index (κ3) is 3.94. The maximum Gasteiger partial charge on any atom is 0.269 e. The minimum Gasteiger partial charge on any atom is -0.351 e. The van der Waals surface area contributed by atoms with E-state index in [9.17, 15) is 4.79 Å². The van der Waals surface area contributed by atoms with Crippen LogP contribution in [0.3, 0.4) is 0 Å². The van der Waals surface area contributed by atoms with E-state index in [2.05, 4.69) is 21.3 Å². The predicted molar refractivity (Wildman–Crippen MR) is 96.1 cm³/mol. The first-order valence-electron chi connectivity index (χ1n) is 8.40. The van der Waals surface area contributed by atoms with Crippen LogP contribution in [0, 0.1) is 0 Å². The van der Waals surface area contributed by atoms with Crippen LogP contribution < -0.4 is 5.32 Å². The summed E-state index contributed by atoms with van der Waals surface area (Å²) in [7, 11) is 0. The first-order chi connectivity index (χ1) is 11.7. The van der Waals surface area contributed by atoms with Crippen molar-refractivity contribution >= 4 is 17.5 Å². The fraction of sp³-hybridized carbons (Fsp3) is 0.368. The van der Waals surface area contributed by atoms with Crippen molar-refractivity contribution in [1.82, 2.24) is 15.2 Å². The van der Waals surface area contributed by atoms with Gasteiger partial charge in [0, 0.05) is 43.3 Å². The minimum atomic E-state index is -0.0850. The van der Waals surface area contributed by atoms with Gasteiger partial charge in [0.2, 0.25) is 0 Å². The number of nitrogens with zero attached hydrogens (tertiary/aromatic N) is 2. The number of halogens is 1. The first-order valence-corrected chi connectivity index (χ1v) is 8.78. The Morgan fingerprint density at radius 3 is 2.92 bits per heavy atom. The van der Waals surface area contributed by atoms with Gasteiger partial charge in [0.15, 0.2) is 0 Å². The second-order valence-electron chi connectivity index (χ2n) is 6.11. The van der Waals surface area contributed by atoms with Gasteiger partial charge in [0.05, 0.1) is 0 Å². The van der Waals surface area contributed by atoms with E-state index in [1.165, 1.54) is 5.56 Å². The van der Waals surface area contributed by atoms with Crippen LogP contribution in [0.2, 0.25) is 5.02 Å². The van der Waals surface area contributed by atoms with Crippen LogP contribution in [-0.2, 0) is 19.5 Å². The highest BCUT2D eigenvalue weighted by Crippen LogP contribution is 2.22. The molecule has 3 rings (SSSR count). The molecule has 0 saturated heterocycles. The number of aromatic nitrogens is 1. The lowest BCUT2D eigenvalue weighted by molar-refractivity contribution is 0.0948. The van der Waals surface area contributed by atoms with Gasteiger partial charge in [-0.3, -0.25) is 9.69 Å². The van der Waals surface area contributed by atoms with Gasteiger partial charge < -0.3 is 5.32 Å². The maximum atomic E-state index is 12.0. The van der Waals surface area contributed by atoms with Crippen molar-refractivity contribution in [3.05, 3.63) is 63.9 Å². The largest absolute Gasteiger partial charge is 0.351 e. The summed E-state index contributed by atoms with van der Waals surface area (Å²) in [6.07, 6.45) is 1.78. The smallest absolute Gasteiger partial charge is 0.269 e. The molecule has 1 N–H and O–H groups in total. The number of nitrogens with one attached hydrogen (secondary N) is 1. The molecule has 0 saturated carbocycles. The molecule has 1 aromatic heterocycles. The normalized spacial score (nSPS) is 14.2. The summed E-state index contributed by atoms with van der Waals surface area (Å²) in [4.78, 5) is 19.0. The number of fused-ring (bicyclic) bond motifs is 1. The summed E-state index contributed by atoms with van der Waals surface area (Å²) in [6, 6.07) is 11.8. The summed E-state index contributed by atoms with van der Waals surface area (Å²) < 4.78 is 0. The topological polar surface area (TPSA) is 45.2 Å². The van der Waals surface area contributed by atoms with Gasteiger partial charge in [-0.15, -0.1) is 0 Å². The molecule has 1 aliphatic rings. The van der Waals surface area contributed by atoms with Crippen molar-refractivity contribution in [3.8, 4) is 0 Å². The van der Waals surface area contributed by atoms with E-state index in [0.717, 1.165) is 48.8 Å². The van der Waals surface area contributed by atoms with Crippen molar-refractivity contribution in [2.45, 2.75) is 32.9 Å². The summed E-state index contributed by atoms with van der Waals surface area (Å²) in [5.74, 6) is -0.0850. The van der Waals surface area contributed by atoms with Gasteiger partial charge in [-0.25, -0.2) is 4.98 Å². The molecule has 0 radical (unpaired) electrons. The number of carbonyl (C=O) groups excluding carboxylic acids is 1. The van der Waals surface area contributed by atoms with Gasteiger partial charge in [-0.05, 0) is 29.7 Å². The van der Waals surface area contributed by atoms with Crippen molar-refractivity contribution in [2.24, 2.45) is 0 Å². The second kappa shape index (κ2) is 7.77. The van der Waals surface area contributed by atoms with E-state index in [-0.39, 0.29) is 5.91 Å². The monoisotopic (exact) mass is 343 g/mol. The number of hydrogen-bond acceptors (Lipinski definition) is 3. The Morgan fingerprint density at radius 1 is 1.29 bits per heavy atom. The van der Waals surface area contributed by atoms with Gasteiger partial charge in [-0.2, -0.15) is 0 Å². The maximum absolute atomic E-state index is 12.0. The summed E-state index contributed by atoms with van der Waals surface area (Å²) in [5.41, 5.74) is 3.89. The molecule has 0 atom stereocenters. The molecule has 24 heavy (non-hydrogen) atoms. The summed E-state index contributed by atoms with van der Waals surface area (Å²) >= 11 is 6.26. The molecule has 1 aromatic carbocycles. The number of benzene rings is 1. The van der Waals surface area contributed by atoms with E-state index in [1.54, 1.807) is 0 Å². The zero-order valence-corrected chi connectivity index (χ0v) is 14.6. The Bertz CT molecular complexity index is 732. The molecular weight excluding hydrogens is 322 g/mol. The number of pyridine rings is 1. The minimum absolute atomic E-state index is 0.0850. The van der Waals surface area contributed by atoms with Crippen molar-refractivity contribution in [2.75, 3.05) is 13.1 Å². The van der Waals surface area contributed by atoms with E-state index in [4.69, 9.17) is 11.6 Å². The molecule has 0 spiro atoms. The van der Waals surface area contributed by atoms with E-state index in [0.29, 0.717) is 12.2 Å². The van der Waals surface area contributed by atoms with Crippen LogP contribution >= 0.6 is 11.6 Å². The van der Waals surface area contributed by atoms with Crippen LogP contribution in [0.1, 0.15) is 40.7 Å². The van der Waals surface area contributed by atoms with Crippen LogP contribution in [0.25, 0.3) is 0 Å². The lowest BCUT2D eigenvalue weighted by Gasteiger charge is -2.28. The van der Waals surface area contributed by atoms with Crippen LogP contribution in [0.5, 0.6) is 0 Å². The molecule has 0 bridgehead atoms. The van der Waals surface area contributed by atoms with E-state index >= 15 is 0 Å². The van der Waals surface area contributed by atoms with Crippen molar-refractivity contribution in [3.63, 3.8) is 0 Å². The lowest BCUT2D eigenvalue weighted by Crippen LogP contribution is -2.32. The Hall–Kier alpha value is -1.91. The van der Waals surface area contributed by atoms with Crippen LogP contribution in [-0.4, -0.2) is 28.9 Å². The number of hydrogen-bond donors (Lipinski definition) is 1. The zero-order chi connectivity index (χ0) is 16.9. The van der Waals surface area contributed by atoms with Crippen molar-refractivity contribution in [1.29, 1.82) is 0 Å². The standard InChI is InChI=1S/C19H22ClN3O/c1-2-10-21-19(24)18-8-7-15-13-23(11-9-17(15)22-18)12-14-5-3-4-6-16(14)20/h3-8H,2,9-13H2,1H3,(H,21,24). The predicted octanol–water partition coefficient (Wildman–Crippen LogP) is 3.43. The number of amides is 1. The Labute approximate surface area is 147 Å². The lowest BCUT2D eigenvalue weighted by atomic mass is 10.0. The molecule has 126 valence electrons. The molecule has 4 nitrogen and oxygen atoms in total. The zero-order valence-electron chi connectivity index (χ0n) is 13.9. The molecule has 0 aliphatic carbocycles.